The first-order valence-electron chi connectivity index (χ1n) is 5.63. The lowest BCUT2D eigenvalue weighted by Gasteiger charge is -2.32. The summed E-state index contributed by atoms with van der Waals surface area (Å²) in [5, 5.41) is 0. The van der Waals surface area contributed by atoms with Crippen molar-refractivity contribution < 1.29 is 18.8 Å². The topological polar surface area (TPSA) is 44.8 Å². The highest BCUT2D eigenvalue weighted by Gasteiger charge is 2.51. The van der Waals surface area contributed by atoms with Gasteiger partial charge in [-0.05, 0) is 34.0 Å². The zero-order valence-corrected chi connectivity index (χ0v) is 11.0. The lowest BCUT2D eigenvalue weighted by molar-refractivity contribution is -0.144. The van der Waals surface area contributed by atoms with Crippen LogP contribution < -0.4 is 0 Å². The number of ether oxygens (including phenoxy) is 1. The van der Waals surface area contributed by atoms with E-state index in [1.54, 1.807) is 0 Å². The average Bonchev–Trinajstić information content (AvgIpc) is 2.33. The third-order valence-corrected chi connectivity index (χ3v) is 3.45. The Hall–Kier alpha value is -0.545. The highest BCUT2D eigenvalue weighted by Crippen LogP contribution is 2.38. The molecule has 1 atom stereocenters. The zero-order chi connectivity index (χ0) is 12.6. The Kier molecular flexibility index (Phi) is 3.70. The molecular weight excluding hydrogens is 207 g/mol. The van der Waals surface area contributed by atoms with E-state index in [1.807, 2.05) is 34.6 Å². The van der Waals surface area contributed by atoms with Crippen LogP contribution in [0, 0.1) is 5.92 Å². The quantitative estimate of drug-likeness (QED) is 0.546. The van der Waals surface area contributed by atoms with Crippen LogP contribution in [-0.2, 0) is 18.8 Å². The standard InChI is InChI=1S/C11H21BO4/c1-8(9(13)14-6)7-12-15-10(2,3)11(4,5)16-12/h8H,7H2,1-6H3. The van der Waals surface area contributed by atoms with Crippen molar-refractivity contribution in [1.29, 1.82) is 0 Å². The summed E-state index contributed by atoms with van der Waals surface area (Å²) in [6, 6.07) is 0. The van der Waals surface area contributed by atoms with Crippen molar-refractivity contribution in [1.82, 2.24) is 0 Å². The molecule has 0 aromatic heterocycles. The van der Waals surface area contributed by atoms with Crippen LogP contribution in [0.5, 0.6) is 0 Å². The van der Waals surface area contributed by atoms with E-state index < -0.39 is 0 Å². The van der Waals surface area contributed by atoms with Crippen molar-refractivity contribution >= 4 is 13.1 Å². The number of hydrogen-bond acceptors (Lipinski definition) is 4. The molecule has 1 fully saturated rings. The van der Waals surface area contributed by atoms with Crippen molar-refractivity contribution in [3.8, 4) is 0 Å². The maximum atomic E-state index is 11.3. The number of methoxy groups -OCH3 is 1. The SMILES string of the molecule is COC(=O)C(C)CB1OC(C)(C)C(C)(C)O1. The van der Waals surface area contributed by atoms with Crippen LogP contribution in [0.25, 0.3) is 0 Å². The second kappa shape index (κ2) is 4.38. The lowest BCUT2D eigenvalue weighted by atomic mass is 9.78. The Bertz CT molecular complexity index is 259. The monoisotopic (exact) mass is 228 g/mol. The number of rotatable bonds is 3. The van der Waals surface area contributed by atoms with E-state index in [9.17, 15) is 4.79 Å². The van der Waals surface area contributed by atoms with E-state index in [2.05, 4.69) is 4.74 Å². The fourth-order valence-corrected chi connectivity index (χ4v) is 1.65. The number of esters is 1. The largest absolute Gasteiger partial charge is 0.469 e. The summed E-state index contributed by atoms with van der Waals surface area (Å²) in [6.07, 6.45) is 0.527. The predicted octanol–water partition coefficient (Wildman–Crippen LogP) is 1.89. The first-order valence-corrected chi connectivity index (χ1v) is 5.63. The van der Waals surface area contributed by atoms with Crippen molar-refractivity contribution in [2.24, 2.45) is 5.92 Å². The van der Waals surface area contributed by atoms with Gasteiger partial charge in [-0.1, -0.05) is 6.92 Å². The molecule has 0 N–H and O–H groups in total. The lowest BCUT2D eigenvalue weighted by Crippen LogP contribution is -2.41. The fourth-order valence-electron chi connectivity index (χ4n) is 1.65. The van der Waals surface area contributed by atoms with Crippen molar-refractivity contribution in [2.45, 2.75) is 52.1 Å². The summed E-state index contributed by atoms with van der Waals surface area (Å²) in [6.45, 7) is 9.80. The Morgan fingerprint density at radius 1 is 1.25 bits per heavy atom. The van der Waals surface area contributed by atoms with Gasteiger partial charge in [0.25, 0.3) is 0 Å². The van der Waals surface area contributed by atoms with Gasteiger partial charge in [0.15, 0.2) is 0 Å². The summed E-state index contributed by atoms with van der Waals surface area (Å²) in [7, 11) is 1.06. The van der Waals surface area contributed by atoms with E-state index in [0.29, 0.717) is 6.32 Å². The smallest absolute Gasteiger partial charge is 0.458 e. The first-order chi connectivity index (χ1) is 7.19. The third-order valence-electron chi connectivity index (χ3n) is 3.45. The molecule has 0 aromatic rings. The van der Waals surface area contributed by atoms with E-state index in [-0.39, 0.29) is 30.2 Å². The van der Waals surface area contributed by atoms with Crippen LogP contribution in [-0.4, -0.2) is 31.4 Å². The van der Waals surface area contributed by atoms with Crippen LogP contribution in [0.2, 0.25) is 6.32 Å². The van der Waals surface area contributed by atoms with Gasteiger partial charge >= 0.3 is 13.1 Å². The first kappa shape index (κ1) is 13.5. The molecule has 0 aliphatic carbocycles. The molecule has 1 aliphatic rings. The van der Waals surface area contributed by atoms with E-state index >= 15 is 0 Å². The number of carbonyl (C=O) groups excluding carboxylic acids is 1. The minimum absolute atomic E-state index is 0.209. The summed E-state index contributed by atoms with van der Waals surface area (Å²) < 4.78 is 16.3. The minimum atomic E-state index is -0.340. The number of hydrogen-bond donors (Lipinski definition) is 0. The molecule has 0 spiro atoms. The summed E-state index contributed by atoms with van der Waals surface area (Å²) in [5.41, 5.74) is -0.680. The molecule has 16 heavy (non-hydrogen) atoms. The molecule has 0 bridgehead atoms. The Labute approximate surface area is 97.8 Å². The van der Waals surface area contributed by atoms with Gasteiger partial charge in [0.05, 0.1) is 24.2 Å². The Morgan fingerprint density at radius 3 is 2.06 bits per heavy atom. The normalized spacial score (nSPS) is 24.2. The van der Waals surface area contributed by atoms with Gasteiger partial charge in [-0.3, -0.25) is 4.79 Å². The van der Waals surface area contributed by atoms with Crippen molar-refractivity contribution in [3.05, 3.63) is 0 Å². The molecule has 92 valence electrons. The molecule has 1 saturated heterocycles. The second-order valence-corrected chi connectivity index (χ2v) is 5.35. The minimum Gasteiger partial charge on any atom is -0.469 e. The summed E-state index contributed by atoms with van der Waals surface area (Å²) in [4.78, 5) is 11.3. The van der Waals surface area contributed by atoms with E-state index in [0.717, 1.165) is 0 Å². The summed E-state index contributed by atoms with van der Waals surface area (Å²) in [5.74, 6) is -0.436. The molecule has 0 radical (unpaired) electrons. The molecule has 4 nitrogen and oxygen atoms in total. The number of carbonyl (C=O) groups is 1. The van der Waals surface area contributed by atoms with Crippen LogP contribution in [0.15, 0.2) is 0 Å². The van der Waals surface area contributed by atoms with Gasteiger partial charge in [-0.2, -0.15) is 0 Å². The van der Waals surface area contributed by atoms with Crippen molar-refractivity contribution in [2.75, 3.05) is 7.11 Å². The zero-order valence-electron chi connectivity index (χ0n) is 11.0. The molecule has 0 aromatic carbocycles. The third kappa shape index (κ3) is 2.58. The van der Waals surface area contributed by atoms with E-state index in [1.165, 1.54) is 7.11 Å². The molecule has 1 heterocycles. The summed E-state index contributed by atoms with van der Waals surface area (Å²) >= 11 is 0. The van der Waals surface area contributed by atoms with Gasteiger partial charge in [-0.15, -0.1) is 0 Å². The van der Waals surface area contributed by atoms with Crippen molar-refractivity contribution in [3.63, 3.8) is 0 Å². The molecular formula is C11H21BO4. The second-order valence-electron chi connectivity index (χ2n) is 5.35. The molecule has 0 saturated carbocycles. The molecule has 1 unspecified atom stereocenters. The maximum Gasteiger partial charge on any atom is 0.458 e. The maximum absolute atomic E-state index is 11.3. The van der Waals surface area contributed by atoms with E-state index in [4.69, 9.17) is 9.31 Å². The molecule has 0 amide bonds. The van der Waals surface area contributed by atoms with Gasteiger partial charge in [0.2, 0.25) is 0 Å². The molecule has 1 rings (SSSR count). The van der Waals surface area contributed by atoms with Crippen LogP contribution >= 0.6 is 0 Å². The van der Waals surface area contributed by atoms with Gasteiger partial charge in [0.1, 0.15) is 0 Å². The average molecular weight is 228 g/mol. The Morgan fingerprint density at radius 2 is 1.69 bits per heavy atom. The molecule has 1 aliphatic heterocycles. The molecule has 5 heteroatoms. The van der Waals surface area contributed by atoms with Crippen LogP contribution in [0.1, 0.15) is 34.6 Å². The van der Waals surface area contributed by atoms with Crippen LogP contribution in [0.3, 0.4) is 0 Å². The van der Waals surface area contributed by atoms with Gasteiger partial charge < -0.3 is 14.0 Å². The van der Waals surface area contributed by atoms with Crippen LogP contribution in [0.4, 0.5) is 0 Å². The Balaban J connectivity index is 2.57. The predicted molar refractivity (Wildman–Crippen MR) is 62.1 cm³/mol. The highest BCUT2D eigenvalue weighted by atomic mass is 16.7. The van der Waals surface area contributed by atoms with Gasteiger partial charge in [-0.25, -0.2) is 0 Å². The highest BCUT2D eigenvalue weighted by molar-refractivity contribution is 6.46. The fraction of sp³-hybridized carbons (Fsp3) is 0.909. The van der Waals surface area contributed by atoms with Gasteiger partial charge in [0, 0.05) is 0 Å².